The summed E-state index contributed by atoms with van der Waals surface area (Å²) in [6.45, 7) is 5.33. The number of carbonyl (C=O) groups is 3. The average Bonchev–Trinajstić information content (AvgIpc) is 2.93. The van der Waals surface area contributed by atoms with E-state index in [2.05, 4.69) is 20.4 Å². The van der Waals surface area contributed by atoms with Crippen molar-refractivity contribution in [2.45, 2.75) is 45.4 Å². The van der Waals surface area contributed by atoms with Gasteiger partial charge in [-0.1, -0.05) is 36.4 Å². The lowest BCUT2D eigenvalue weighted by atomic mass is 9.94. The minimum atomic E-state index is -0.633. The largest absolute Gasteiger partial charge is 0.458 e. The molecule has 3 rings (SSSR count). The lowest BCUT2D eigenvalue weighted by molar-refractivity contribution is -0.160. The van der Waals surface area contributed by atoms with Crippen LogP contribution in [-0.4, -0.2) is 49.1 Å². The fourth-order valence-electron chi connectivity index (χ4n) is 3.92. The molecule has 0 saturated heterocycles. The van der Waals surface area contributed by atoms with Gasteiger partial charge in [0, 0.05) is 41.5 Å². The van der Waals surface area contributed by atoms with Gasteiger partial charge in [0.05, 0.1) is 13.2 Å². The number of hydrogen-bond donors (Lipinski definition) is 3. The Balaban J connectivity index is 1.80. The highest BCUT2D eigenvalue weighted by Gasteiger charge is 2.22. The van der Waals surface area contributed by atoms with Gasteiger partial charge in [-0.15, -0.1) is 0 Å². The molecule has 2 aromatic carbocycles. The third-order valence-corrected chi connectivity index (χ3v) is 5.70. The molecule has 0 bridgehead atoms. The number of nitrogen functional groups attached to an aromatic ring is 1. The fourth-order valence-corrected chi connectivity index (χ4v) is 3.92. The molecule has 0 aliphatic carbocycles. The number of rotatable bonds is 11. The summed E-state index contributed by atoms with van der Waals surface area (Å²) < 4.78 is 20.9. The normalized spacial score (nSPS) is 11.7. The Hall–Kier alpha value is -4.64. The van der Waals surface area contributed by atoms with Crippen LogP contribution in [0.5, 0.6) is 0 Å². The highest BCUT2D eigenvalue weighted by molar-refractivity contribution is 5.88. The van der Waals surface area contributed by atoms with Crippen LogP contribution in [0.1, 0.15) is 44.4 Å². The molecule has 218 valence electrons. The molecule has 0 aliphatic rings. The zero-order valence-corrected chi connectivity index (χ0v) is 23.6. The van der Waals surface area contributed by atoms with Gasteiger partial charge in [-0.2, -0.15) is 0 Å². The highest BCUT2D eigenvalue weighted by atomic mass is 16.6. The van der Waals surface area contributed by atoms with E-state index in [4.69, 9.17) is 19.9 Å². The van der Waals surface area contributed by atoms with Gasteiger partial charge in [-0.3, -0.25) is 10.3 Å². The number of methoxy groups -OCH3 is 1. The Morgan fingerprint density at radius 2 is 1.76 bits per heavy atom. The van der Waals surface area contributed by atoms with Crippen LogP contribution < -0.4 is 16.4 Å². The lowest BCUT2D eigenvalue weighted by Crippen LogP contribution is -2.31. The second-order valence-electron chi connectivity index (χ2n) is 10.1. The van der Waals surface area contributed by atoms with E-state index < -0.39 is 29.8 Å². The molecule has 0 saturated carbocycles. The molecule has 1 aromatic heterocycles. The van der Waals surface area contributed by atoms with Crippen LogP contribution in [0.4, 0.5) is 21.0 Å². The Kier molecular flexibility index (Phi) is 11.0. The van der Waals surface area contributed by atoms with Gasteiger partial charge in [0.15, 0.2) is 0 Å². The van der Waals surface area contributed by atoms with Crippen molar-refractivity contribution >= 4 is 29.5 Å². The molecule has 41 heavy (non-hydrogen) atoms. The zero-order chi connectivity index (χ0) is 29.8. The molecule has 3 aromatic rings. The number of esters is 1. The summed E-state index contributed by atoms with van der Waals surface area (Å²) in [7, 11) is 1.27. The molecular weight excluding hydrogens is 528 g/mol. The number of aromatic nitrogens is 1. The number of amides is 2. The predicted octanol–water partition coefficient (Wildman–Crippen LogP) is 5.23. The molecule has 4 N–H and O–H groups in total. The topological polar surface area (TPSA) is 151 Å². The number of ether oxygens (including phenoxy) is 4. The van der Waals surface area contributed by atoms with E-state index in [9.17, 15) is 14.4 Å². The first kappa shape index (κ1) is 30.9. The molecule has 0 aliphatic heterocycles. The predicted molar refractivity (Wildman–Crippen MR) is 154 cm³/mol. The number of alkyl carbamates (subject to hydrolysis) is 1. The number of nitrogens with zero attached hydrogens (tertiary/aromatic N) is 1. The van der Waals surface area contributed by atoms with Gasteiger partial charge in [-0.05, 0) is 56.5 Å². The molecule has 11 nitrogen and oxygen atoms in total. The van der Waals surface area contributed by atoms with E-state index >= 15 is 0 Å². The number of nitrogens with two attached hydrogens (primary N) is 1. The first-order chi connectivity index (χ1) is 19.6. The Labute approximate surface area is 239 Å². The van der Waals surface area contributed by atoms with Crippen molar-refractivity contribution in [2.24, 2.45) is 0 Å². The van der Waals surface area contributed by atoms with Crippen molar-refractivity contribution in [1.29, 1.82) is 0 Å². The van der Waals surface area contributed by atoms with Crippen molar-refractivity contribution < 1.29 is 33.3 Å². The zero-order valence-electron chi connectivity index (χ0n) is 23.6. The van der Waals surface area contributed by atoms with Gasteiger partial charge in [0.25, 0.3) is 0 Å². The van der Waals surface area contributed by atoms with Crippen molar-refractivity contribution in [3.05, 3.63) is 78.1 Å². The van der Waals surface area contributed by atoms with Gasteiger partial charge in [0.2, 0.25) is 0 Å². The van der Waals surface area contributed by atoms with Crippen molar-refractivity contribution in [3.8, 4) is 11.1 Å². The van der Waals surface area contributed by atoms with Gasteiger partial charge < -0.3 is 30.0 Å². The summed E-state index contributed by atoms with van der Waals surface area (Å²) in [6, 6.07) is 15.5. The standard InChI is InChI=1S/C30H36N4O7/c1-30(2,3)41-27(35)19-39-15-13-26(34-29(37)40-18-20-8-6-5-7-9-20)24-17-32-14-12-22(24)23-11-10-21(16-25(23)31)33-28(36)38-4/h5-12,14,16-17,26H,13,15,18-19,31H2,1-4H3,(H,33,36)(H,34,37)/t26-/m0/s1. The van der Waals surface area contributed by atoms with Crippen molar-refractivity contribution in [3.63, 3.8) is 0 Å². The first-order valence-electron chi connectivity index (χ1n) is 13.0. The van der Waals surface area contributed by atoms with E-state index in [0.717, 1.165) is 5.56 Å². The van der Waals surface area contributed by atoms with E-state index in [0.29, 0.717) is 34.5 Å². The summed E-state index contributed by atoms with van der Waals surface area (Å²) in [5, 5.41) is 5.47. The van der Waals surface area contributed by atoms with Gasteiger partial charge in [-0.25, -0.2) is 14.4 Å². The van der Waals surface area contributed by atoms with Crippen molar-refractivity contribution in [1.82, 2.24) is 10.3 Å². The molecule has 0 unspecified atom stereocenters. The smallest absolute Gasteiger partial charge is 0.411 e. The van der Waals surface area contributed by atoms with Crippen LogP contribution in [0.25, 0.3) is 11.1 Å². The maximum Gasteiger partial charge on any atom is 0.411 e. The summed E-state index contributed by atoms with van der Waals surface area (Å²) in [6.07, 6.45) is 2.29. The number of carbonyl (C=O) groups excluding carboxylic acids is 3. The monoisotopic (exact) mass is 564 g/mol. The number of hydrogen-bond acceptors (Lipinski definition) is 9. The van der Waals surface area contributed by atoms with Crippen LogP contribution in [0.15, 0.2) is 67.0 Å². The minimum absolute atomic E-state index is 0.0933. The lowest BCUT2D eigenvalue weighted by Gasteiger charge is -2.23. The Bertz CT molecular complexity index is 1330. The number of benzene rings is 2. The van der Waals surface area contributed by atoms with E-state index in [-0.39, 0.29) is 19.8 Å². The van der Waals surface area contributed by atoms with Crippen LogP contribution in [0, 0.1) is 0 Å². The number of nitrogens with one attached hydrogen (secondary N) is 2. The summed E-state index contributed by atoms with van der Waals surface area (Å²) in [5.74, 6) is -0.486. The van der Waals surface area contributed by atoms with Crippen molar-refractivity contribution in [2.75, 3.05) is 31.4 Å². The molecule has 0 spiro atoms. The summed E-state index contributed by atoms with van der Waals surface area (Å²) in [4.78, 5) is 40.8. The number of pyridine rings is 1. The molecule has 1 atom stereocenters. The van der Waals surface area contributed by atoms with E-state index in [1.807, 2.05) is 30.3 Å². The Morgan fingerprint density at radius 1 is 1.00 bits per heavy atom. The molecular formula is C30H36N4O7. The Morgan fingerprint density at radius 3 is 2.44 bits per heavy atom. The maximum atomic E-state index is 12.8. The average molecular weight is 565 g/mol. The van der Waals surface area contributed by atoms with Gasteiger partial charge >= 0.3 is 18.2 Å². The van der Waals surface area contributed by atoms with Crippen LogP contribution in [0.3, 0.4) is 0 Å². The van der Waals surface area contributed by atoms with Crippen LogP contribution in [0.2, 0.25) is 0 Å². The SMILES string of the molecule is COC(=O)Nc1ccc(-c2ccncc2[C@H](CCOCC(=O)OC(C)(C)C)NC(=O)OCc2ccccc2)c(N)c1. The number of anilines is 2. The minimum Gasteiger partial charge on any atom is -0.458 e. The molecule has 2 amide bonds. The molecule has 1 heterocycles. The van der Waals surface area contributed by atoms with Gasteiger partial charge in [0.1, 0.15) is 18.8 Å². The molecule has 11 heteroatoms. The second kappa shape index (κ2) is 14.7. The van der Waals surface area contributed by atoms with Crippen LogP contribution >= 0.6 is 0 Å². The highest BCUT2D eigenvalue weighted by Crippen LogP contribution is 2.34. The van der Waals surface area contributed by atoms with Crippen LogP contribution in [-0.2, 0) is 30.3 Å². The third kappa shape index (κ3) is 10.1. The third-order valence-electron chi connectivity index (χ3n) is 5.70. The fraction of sp³-hybridized carbons (Fsp3) is 0.333. The van der Waals surface area contributed by atoms with E-state index in [1.165, 1.54) is 7.11 Å². The summed E-state index contributed by atoms with van der Waals surface area (Å²) in [5.41, 5.74) is 9.46. The molecule has 0 radical (unpaired) electrons. The maximum absolute atomic E-state index is 12.8. The van der Waals surface area contributed by atoms with E-state index in [1.54, 1.807) is 57.4 Å². The molecule has 0 fully saturated rings. The first-order valence-corrected chi connectivity index (χ1v) is 13.0. The second-order valence-corrected chi connectivity index (χ2v) is 10.1. The quantitative estimate of drug-likeness (QED) is 0.123. The summed E-state index contributed by atoms with van der Waals surface area (Å²) >= 11 is 0.